The van der Waals surface area contributed by atoms with Gasteiger partial charge in [-0.05, 0) is 24.3 Å². The summed E-state index contributed by atoms with van der Waals surface area (Å²) < 4.78 is 10.3. The van der Waals surface area contributed by atoms with Crippen LogP contribution in [0.3, 0.4) is 0 Å². The molecule has 26 heavy (non-hydrogen) atoms. The van der Waals surface area contributed by atoms with Gasteiger partial charge in [0.15, 0.2) is 12.4 Å². The van der Waals surface area contributed by atoms with Crippen molar-refractivity contribution >= 4 is 34.5 Å². The van der Waals surface area contributed by atoms with Gasteiger partial charge in [0.1, 0.15) is 5.58 Å². The first kappa shape index (κ1) is 17.1. The van der Waals surface area contributed by atoms with E-state index in [2.05, 4.69) is 0 Å². The topological polar surface area (TPSA) is 99.6 Å². The molecule has 0 radical (unpaired) electrons. The molecule has 3 rings (SSSR count). The van der Waals surface area contributed by atoms with Crippen LogP contribution in [0.25, 0.3) is 17.0 Å². The molecule has 0 atom stereocenters. The smallest absolute Gasteiger partial charge is 0.331 e. The summed E-state index contributed by atoms with van der Waals surface area (Å²) in [5.41, 5.74) is 0.700. The molecule has 1 aromatic heterocycles. The number of rotatable bonds is 6. The lowest BCUT2D eigenvalue weighted by Crippen LogP contribution is -2.11. The van der Waals surface area contributed by atoms with Crippen LogP contribution in [0.5, 0.6) is 0 Å². The molecule has 0 spiro atoms. The number of carbonyl (C=O) groups is 2. The Hall–Kier alpha value is -3.74. The van der Waals surface area contributed by atoms with Crippen LogP contribution in [0.1, 0.15) is 16.1 Å². The molecule has 0 bridgehead atoms. The van der Waals surface area contributed by atoms with Crippen molar-refractivity contribution < 1.29 is 23.7 Å². The molecular formula is C19H13NO6. The average molecular weight is 351 g/mol. The minimum atomic E-state index is -0.785. The zero-order valence-corrected chi connectivity index (χ0v) is 13.5. The number of hydrogen-bond acceptors (Lipinski definition) is 6. The SMILES string of the molecule is O=C(/C=C/c1ccccc1[N+](=O)[O-])OCC(=O)c1cc2ccccc2o1. The van der Waals surface area contributed by atoms with E-state index in [1.54, 1.807) is 30.3 Å². The normalized spacial score (nSPS) is 10.9. The number of benzene rings is 2. The fraction of sp³-hybridized carbons (Fsp3) is 0.0526. The van der Waals surface area contributed by atoms with E-state index < -0.39 is 23.3 Å². The zero-order valence-electron chi connectivity index (χ0n) is 13.5. The minimum absolute atomic E-state index is 0.0988. The van der Waals surface area contributed by atoms with Crippen molar-refractivity contribution in [1.82, 2.24) is 0 Å². The fourth-order valence-corrected chi connectivity index (χ4v) is 2.33. The summed E-state index contributed by atoms with van der Waals surface area (Å²) in [7, 11) is 0. The Kier molecular flexibility index (Phi) is 4.89. The van der Waals surface area contributed by atoms with Gasteiger partial charge in [0.05, 0.1) is 10.5 Å². The van der Waals surface area contributed by atoms with E-state index in [4.69, 9.17) is 9.15 Å². The summed E-state index contributed by atoms with van der Waals surface area (Å²) in [4.78, 5) is 34.2. The molecule has 3 aromatic rings. The van der Waals surface area contributed by atoms with E-state index >= 15 is 0 Å². The number of nitro benzene ring substituents is 1. The van der Waals surface area contributed by atoms with Crippen LogP contribution in [-0.2, 0) is 9.53 Å². The number of carbonyl (C=O) groups excluding carboxylic acids is 2. The van der Waals surface area contributed by atoms with Gasteiger partial charge in [-0.3, -0.25) is 14.9 Å². The van der Waals surface area contributed by atoms with E-state index in [0.29, 0.717) is 5.58 Å². The van der Waals surface area contributed by atoms with Crippen molar-refractivity contribution in [3.63, 3.8) is 0 Å². The van der Waals surface area contributed by atoms with Gasteiger partial charge in [0.25, 0.3) is 5.69 Å². The molecule has 0 amide bonds. The third-order valence-corrected chi connectivity index (χ3v) is 3.58. The van der Waals surface area contributed by atoms with Crippen molar-refractivity contribution in [2.75, 3.05) is 6.61 Å². The zero-order chi connectivity index (χ0) is 18.5. The third-order valence-electron chi connectivity index (χ3n) is 3.58. The highest BCUT2D eigenvalue weighted by atomic mass is 16.6. The molecule has 0 aliphatic carbocycles. The predicted octanol–water partition coefficient (Wildman–Crippen LogP) is 3.78. The van der Waals surface area contributed by atoms with E-state index in [9.17, 15) is 19.7 Å². The number of fused-ring (bicyclic) bond motifs is 1. The molecule has 0 saturated heterocycles. The summed E-state index contributed by atoms with van der Waals surface area (Å²) in [6.07, 6.45) is 2.31. The molecule has 7 heteroatoms. The second kappa shape index (κ2) is 7.43. The Labute approximate surface area is 147 Å². The highest BCUT2D eigenvalue weighted by Gasteiger charge is 2.14. The number of Topliss-reactive ketones (excluding diaryl/α,β-unsaturated/α-hetero) is 1. The molecule has 0 saturated carbocycles. The molecule has 0 aliphatic heterocycles. The summed E-state index contributed by atoms with van der Waals surface area (Å²) in [6, 6.07) is 14.7. The molecule has 0 unspecified atom stereocenters. The minimum Gasteiger partial charge on any atom is -0.454 e. The molecule has 0 aliphatic rings. The third kappa shape index (κ3) is 3.84. The fourth-order valence-electron chi connectivity index (χ4n) is 2.33. The Balaban J connectivity index is 1.62. The highest BCUT2D eigenvalue weighted by Crippen LogP contribution is 2.20. The first-order valence-corrected chi connectivity index (χ1v) is 7.64. The van der Waals surface area contributed by atoms with Gasteiger partial charge in [0, 0.05) is 17.5 Å². The van der Waals surface area contributed by atoms with Gasteiger partial charge in [0.2, 0.25) is 5.78 Å². The average Bonchev–Trinajstić information content (AvgIpc) is 3.09. The lowest BCUT2D eigenvalue weighted by atomic mass is 10.1. The molecule has 7 nitrogen and oxygen atoms in total. The van der Waals surface area contributed by atoms with Crippen molar-refractivity contribution in [2.45, 2.75) is 0 Å². The van der Waals surface area contributed by atoms with Crippen molar-refractivity contribution in [1.29, 1.82) is 0 Å². The number of esters is 1. The summed E-state index contributed by atoms with van der Waals surface area (Å²) >= 11 is 0. The molecule has 1 heterocycles. The molecule has 2 aromatic carbocycles. The van der Waals surface area contributed by atoms with Crippen LogP contribution in [0.2, 0.25) is 0 Å². The van der Waals surface area contributed by atoms with Crippen LogP contribution in [0.4, 0.5) is 5.69 Å². The van der Waals surface area contributed by atoms with Gasteiger partial charge in [-0.15, -0.1) is 0 Å². The maximum Gasteiger partial charge on any atom is 0.331 e. The largest absolute Gasteiger partial charge is 0.454 e. The Morgan fingerprint density at radius 3 is 2.62 bits per heavy atom. The number of ether oxygens (including phenoxy) is 1. The summed E-state index contributed by atoms with van der Waals surface area (Å²) in [5, 5.41) is 11.7. The van der Waals surface area contributed by atoms with Gasteiger partial charge < -0.3 is 9.15 Å². The van der Waals surface area contributed by atoms with Crippen LogP contribution in [0.15, 0.2) is 65.1 Å². The quantitative estimate of drug-likeness (QED) is 0.220. The van der Waals surface area contributed by atoms with E-state index in [0.717, 1.165) is 11.5 Å². The van der Waals surface area contributed by atoms with E-state index in [1.165, 1.54) is 24.3 Å². The molecule has 130 valence electrons. The van der Waals surface area contributed by atoms with Crippen LogP contribution in [0, 0.1) is 10.1 Å². The van der Waals surface area contributed by atoms with Crippen molar-refractivity contribution in [3.8, 4) is 0 Å². The molecule has 0 fully saturated rings. The number of nitrogens with zero attached hydrogens (tertiary/aromatic N) is 1. The van der Waals surface area contributed by atoms with Crippen molar-refractivity contribution in [2.24, 2.45) is 0 Å². The van der Waals surface area contributed by atoms with Crippen LogP contribution < -0.4 is 0 Å². The Morgan fingerprint density at radius 1 is 1.12 bits per heavy atom. The predicted molar refractivity (Wildman–Crippen MR) is 93.6 cm³/mol. The second-order valence-electron chi connectivity index (χ2n) is 5.33. The van der Waals surface area contributed by atoms with Gasteiger partial charge in [-0.25, -0.2) is 4.79 Å². The first-order chi connectivity index (χ1) is 12.5. The lowest BCUT2D eigenvalue weighted by molar-refractivity contribution is -0.385. The number of furan rings is 1. The Morgan fingerprint density at radius 2 is 1.85 bits per heavy atom. The Bertz CT molecular complexity index is 985. The number of nitro groups is 1. The van der Waals surface area contributed by atoms with Crippen LogP contribution in [-0.4, -0.2) is 23.3 Å². The van der Waals surface area contributed by atoms with Gasteiger partial charge in [-0.2, -0.15) is 0 Å². The van der Waals surface area contributed by atoms with Crippen LogP contribution >= 0.6 is 0 Å². The van der Waals surface area contributed by atoms with Crippen molar-refractivity contribution in [3.05, 3.63) is 82.1 Å². The van der Waals surface area contributed by atoms with E-state index in [1.807, 2.05) is 6.07 Å². The molecule has 0 N–H and O–H groups in total. The monoisotopic (exact) mass is 351 g/mol. The standard InChI is InChI=1S/C19H13NO6/c21-16(18-11-14-6-2-4-8-17(14)26-18)12-25-19(22)10-9-13-5-1-3-7-15(13)20(23)24/h1-11H,12H2/b10-9+. The lowest BCUT2D eigenvalue weighted by Gasteiger charge is -1.99. The molecular weight excluding hydrogens is 338 g/mol. The van der Waals surface area contributed by atoms with E-state index in [-0.39, 0.29) is 17.0 Å². The maximum absolute atomic E-state index is 12.1. The highest BCUT2D eigenvalue weighted by molar-refractivity contribution is 5.99. The maximum atomic E-state index is 12.1. The van der Waals surface area contributed by atoms with Gasteiger partial charge in [-0.1, -0.05) is 30.3 Å². The van der Waals surface area contributed by atoms with Gasteiger partial charge >= 0.3 is 5.97 Å². The number of ketones is 1. The number of para-hydroxylation sites is 2. The first-order valence-electron chi connectivity index (χ1n) is 7.64. The number of hydrogen-bond donors (Lipinski definition) is 0. The summed E-state index contributed by atoms with van der Waals surface area (Å²) in [5.74, 6) is -1.16. The second-order valence-corrected chi connectivity index (χ2v) is 5.33. The summed E-state index contributed by atoms with van der Waals surface area (Å²) in [6.45, 7) is -0.486.